The van der Waals surface area contributed by atoms with Gasteiger partial charge in [-0.3, -0.25) is 0 Å². The van der Waals surface area contributed by atoms with Gasteiger partial charge < -0.3 is 15.0 Å². The van der Waals surface area contributed by atoms with Crippen LogP contribution in [0.25, 0.3) is 11.3 Å². The molecule has 1 aliphatic heterocycles. The topological polar surface area (TPSA) is 89.2 Å². The van der Waals surface area contributed by atoms with Crippen molar-refractivity contribution in [2.45, 2.75) is 19.4 Å². The van der Waals surface area contributed by atoms with Crippen molar-refractivity contribution < 1.29 is 9.37 Å². The molecule has 1 fully saturated rings. The first-order chi connectivity index (χ1) is 12.3. The Hall–Kier alpha value is -2.26. The summed E-state index contributed by atoms with van der Waals surface area (Å²) in [5, 5.41) is 13.1. The fourth-order valence-electron chi connectivity index (χ4n) is 3.00. The Balaban J connectivity index is 1.56. The van der Waals surface area contributed by atoms with Crippen LogP contribution in [0.1, 0.15) is 17.7 Å². The highest BCUT2D eigenvalue weighted by molar-refractivity contribution is 7.09. The number of nitrogens with zero attached hydrogens (tertiary/aromatic N) is 5. The number of hydrogen-bond donors (Lipinski definition) is 1. The van der Waals surface area contributed by atoms with Gasteiger partial charge >= 0.3 is 0 Å². The highest BCUT2D eigenvalue weighted by Gasteiger charge is 2.20. The van der Waals surface area contributed by atoms with Crippen molar-refractivity contribution in [1.82, 2.24) is 20.3 Å². The number of hydrogen-bond acceptors (Lipinski definition) is 9. The third kappa shape index (κ3) is 3.72. The Morgan fingerprint density at radius 3 is 2.80 bits per heavy atom. The zero-order valence-electron chi connectivity index (χ0n) is 14.0. The van der Waals surface area contributed by atoms with Gasteiger partial charge in [0.1, 0.15) is 0 Å². The predicted molar refractivity (Wildman–Crippen MR) is 95.9 cm³/mol. The highest BCUT2D eigenvalue weighted by atomic mass is 32.1. The third-order valence-corrected chi connectivity index (χ3v) is 5.22. The summed E-state index contributed by atoms with van der Waals surface area (Å²) in [5.41, 5.74) is 0.840. The summed E-state index contributed by atoms with van der Waals surface area (Å²) in [5.74, 6) is 2.06. The zero-order chi connectivity index (χ0) is 17.1. The van der Waals surface area contributed by atoms with Gasteiger partial charge in [0, 0.05) is 31.7 Å². The molecule has 25 heavy (non-hydrogen) atoms. The molecule has 132 valence electrons. The molecule has 0 aliphatic carbocycles. The Morgan fingerprint density at radius 1 is 1.24 bits per heavy atom. The van der Waals surface area contributed by atoms with E-state index >= 15 is 0 Å². The van der Waals surface area contributed by atoms with Crippen molar-refractivity contribution in [3.8, 4) is 0 Å². The van der Waals surface area contributed by atoms with E-state index in [9.17, 15) is 0 Å². The number of ether oxygens (including phenoxy) is 1. The molecule has 3 aromatic rings. The number of rotatable bonds is 6. The zero-order valence-corrected chi connectivity index (χ0v) is 14.8. The summed E-state index contributed by atoms with van der Waals surface area (Å²) in [6.45, 7) is 3.27. The lowest BCUT2D eigenvalue weighted by Crippen LogP contribution is -2.30. The minimum Gasteiger partial charge on any atom is -0.381 e. The van der Waals surface area contributed by atoms with Gasteiger partial charge in [0.25, 0.3) is 0 Å². The normalized spacial score (nSPS) is 15.6. The minimum atomic E-state index is 0.414. The van der Waals surface area contributed by atoms with Crippen molar-refractivity contribution >= 4 is 34.3 Å². The molecule has 0 saturated carbocycles. The molecule has 0 atom stereocenters. The van der Waals surface area contributed by atoms with Gasteiger partial charge in [-0.1, -0.05) is 6.07 Å². The van der Waals surface area contributed by atoms with Crippen LogP contribution in [0.4, 0.5) is 11.6 Å². The van der Waals surface area contributed by atoms with Crippen LogP contribution in [-0.4, -0.2) is 47.1 Å². The van der Waals surface area contributed by atoms with Crippen molar-refractivity contribution in [3.63, 3.8) is 0 Å². The van der Waals surface area contributed by atoms with Crippen LogP contribution >= 0.6 is 11.3 Å². The lowest BCUT2D eigenvalue weighted by Gasteiger charge is -2.28. The second kappa shape index (κ2) is 7.32. The van der Waals surface area contributed by atoms with Crippen LogP contribution in [-0.2, 0) is 11.3 Å². The number of nitrogens with one attached hydrogen (secondary N) is 1. The van der Waals surface area contributed by atoms with Crippen molar-refractivity contribution in [3.05, 3.63) is 22.4 Å². The molecule has 4 heterocycles. The van der Waals surface area contributed by atoms with E-state index in [1.54, 1.807) is 11.3 Å². The molecule has 8 nitrogen and oxygen atoms in total. The molecular weight excluding hydrogens is 340 g/mol. The average Bonchev–Trinajstić information content (AvgIpc) is 3.31. The molecule has 1 aliphatic rings. The van der Waals surface area contributed by atoms with Crippen LogP contribution in [0.3, 0.4) is 0 Å². The number of fused-ring (bicyclic) bond motifs is 1. The first kappa shape index (κ1) is 16.2. The Kier molecular flexibility index (Phi) is 4.75. The molecule has 3 aromatic heterocycles. The molecule has 1 saturated heterocycles. The van der Waals surface area contributed by atoms with E-state index in [4.69, 9.17) is 9.37 Å². The second-order valence-electron chi connectivity index (χ2n) is 6.18. The van der Waals surface area contributed by atoms with Crippen LogP contribution in [0.2, 0.25) is 0 Å². The summed E-state index contributed by atoms with van der Waals surface area (Å²) in [7, 11) is 2.04. The summed E-state index contributed by atoms with van der Waals surface area (Å²) in [6, 6.07) is 4.13. The maximum Gasteiger partial charge on any atom is 0.245 e. The van der Waals surface area contributed by atoms with E-state index in [1.165, 1.54) is 4.88 Å². The first-order valence-electron chi connectivity index (χ1n) is 8.35. The molecule has 0 radical (unpaired) electrons. The largest absolute Gasteiger partial charge is 0.381 e. The molecule has 9 heteroatoms. The van der Waals surface area contributed by atoms with Gasteiger partial charge in [-0.15, -0.1) is 11.3 Å². The summed E-state index contributed by atoms with van der Waals surface area (Å²) in [6.07, 6.45) is 2.15. The van der Waals surface area contributed by atoms with Gasteiger partial charge in [0.2, 0.25) is 11.3 Å². The van der Waals surface area contributed by atoms with E-state index < -0.39 is 0 Å². The van der Waals surface area contributed by atoms with E-state index in [2.05, 4.69) is 41.9 Å². The fourth-order valence-corrected chi connectivity index (χ4v) is 3.65. The highest BCUT2D eigenvalue weighted by Crippen LogP contribution is 2.26. The Morgan fingerprint density at radius 2 is 2.04 bits per heavy atom. The summed E-state index contributed by atoms with van der Waals surface area (Å²) < 4.78 is 10.2. The number of anilines is 2. The lowest BCUT2D eigenvalue weighted by molar-refractivity contribution is 0.0685. The van der Waals surface area contributed by atoms with Crippen molar-refractivity contribution in [2.24, 2.45) is 5.92 Å². The predicted octanol–water partition coefficient (Wildman–Crippen LogP) is 2.55. The smallest absolute Gasteiger partial charge is 0.245 e. The van der Waals surface area contributed by atoms with E-state index in [1.807, 2.05) is 13.1 Å². The van der Waals surface area contributed by atoms with Gasteiger partial charge in [-0.25, -0.2) is 14.6 Å². The average molecular weight is 360 g/mol. The number of aromatic nitrogens is 4. The van der Waals surface area contributed by atoms with Crippen LogP contribution < -0.4 is 10.2 Å². The maximum atomic E-state index is 5.45. The standard InChI is InChI=1S/C16H20N6O2S/c1-22(10-11-4-6-23-7-5-11)16-15(17-9-12-3-2-8-25-12)18-13-14(19-16)21-24-20-13/h2-3,8,11H,4-7,9-10H2,1H3,(H,17,18,20). The van der Waals surface area contributed by atoms with Gasteiger partial charge in [0.15, 0.2) is 11.6 Å². The van der Waals surface area contributed by atoms with Crippen LogP contribution in [0.15, 0.2) is 22.1 Å². The Bertz CT molecular complexity index is 815. The number of thiophene rings is 1. The van der Waals surface area contributed by atoms with Crippen molar-refractivity contribution in [2.75, 3.05) is 37.0 Å². The van der Waals surface area contributed by atoms with Crippen molar-refractivity contribution in [1.29, 1.82) is 0 Å². The van der Waals surface area contributed by atoms with Gasteiger partial charge in [-0.2, -0.15) is 0 Å². The first-order valence-corrected chi connectivity index (χ1v) is 9.23. The maximum absolute atomic E-state index is 5.45. The van der Waals surface area contributed by atoms with E-state index in [-0.39, 0.29) is 0 Å². The monoisotopic (exact) mass is 360 g/mol. The second-order valence-corrected chi connectivity index (χ2v) is 7.21. The van der Waals surface area contributed by atoms with Crippen LogP contribution in [0, 0.1) is 5.92 Å². The SMILES string of the molecule is CN(CC1CCOCC1)c1nc2nonc2nc1NCc1cccs1. The molecule has 0 bridgehead atoms. The molecular formula is C16H20N6O2S. The van der Waals surface area contributed by atoms with Gasteiger partial charge in [0.05, 0.1) is 6.54 Å². The van der Waals surface area contributed by atoms with Gasteiger partial charge in [-0.05, 0) is 40.5 Å². The van der Waals surface area contributed by atoms with Crippen LogP contribution in [0.5, 0.6) is 0 Å². The lowest BCUT2D eigenvalue weighted by atomic mass is 10.00. The summed E-state index contributed by atoms with van der Waals surface area (Å²) in [4.78, 5) is 12.5. The minimum absolute atomic E-state index is 0.414. The Labute approximate surface area is 149 Å². The van der Waals surface area contributed by atoms with E-state index in [0.717, 1.165) is 38.4 Å². The third-order valence-electron chi connectivity index (χ3n) is 4.34. The molecule has 0 amide bonds. The van der Waals surface area contributed by atoms with E-state index in [0.29, 0.717) is 29.6 Å². The quantitative estimate of drug-likeness (QED) is 0.717. The summed E-state index contributed by atoms with van der Waals surface area (Å²) >= 11 is 1.71. The molecule has 1 N–H and O–H groups in total. The molecule has 0 unspecified atom stereocenters. The fraction of sp³-hybridized carbons (Fsp3) is 0.500. The molecule has 4 rings (SSSR count). The molecule has 0 aromatic carbocycles. The molecule has 0 spiro atoms.